The van der Waals surface area contributed by atoms with Gasteiger partial charge in [-0.1, -0.05) is 0 Å². The molecular formula is C12H13N5OS. The summed E-state index contributed by atoms with van der Waals surface area (Å²) in [6.07, 6.45) is 2.81. The lowest BCUT2D eigenvalue weighted by Gasteiger charge is -2.39. The molecule has 0 amide bonds. The van der Waals surface area contributed by atoms with Gasteiger partial charge < -0.3 is 5.11 Å². The van der Waals surface area contributed by atoms with Crippen molar-refractivity contribution in [1.29, 1.82) is 5.26 Å². The fourth-order valence-corrected chi connectivity index (χ4v) is 2.78. The van der Waals surface area contributed by atoms with Gasteiger partial charge in [-0.25, -0.2) is 4.98 Å². The van der Waals surface area contributed by atoms with Crippen LogP contribution in [-0.4, -0.2) is 44.4 Å². The molecule has 0 aliphatic carbocycles. The molecule has 0 saturated carbocycles. The molecule has 0 bridgehead atoms. The van der Waals surface area contributed by atoms with E-state index in [2.05, 4.69) is 21.1 Å². The third-order valence-corrected chi connectivity index (χ3v) is 3.87. The van der Waals surface area contributed by atoms with Gasteiger partial charge in [-0.05, 0) is 0 Å². The van der Waals surface area contributed by atoms with E-state index in [4.69, 9.17) is 5.26 Å². The Balaban J connectivity index is 1.52. The smallest absolute Gasteiger partial charge is 0.109 e. The predicted octanol–water partition coefficient (Wildman–Crippen LogP) is 0.802. The van der Waals surface area contributed by atoms with Gasteiger partial charge >= 0.3 is 0 Å². The van der Waals surface area contributed by atoms with E-state index in [1.54, 1.807) is 17.9 Å². The Morgan fingerprint density at radius 3 is 3.05 bits per heavy atom. The van der Waals surface area contributed by atoms with Crippen molar-refractivity contribution in [3.63, 3.8) is 0 Å². The van der Waals surface area contributed by atoms with E-state index in [1.807, 2.05) is 10.1 Å². The van der Waals surface area contributed by atoms with Crippen LogP contribution in [0.4, 0.5) is 0 Å². The molecule has 1 saturated heterocycles. The standard InChI is InChI=1S/C12H13N5OS/c13-1-9-2-15-17(3-9)10-4-16(5-10)6-12(18)11-7-19-8-14-11/h2-3,7-8,10,12,18H,4-6H2. The number of likely N-dealkylation sites (tertiary alicyclic amines) is 1. The molecule has 7 heteroatoms. The van der Waals surface area contributed by atoms with Crippen LogP contribution in [0.5, 0.6) is 0 Å². The number of nitrogens with zero attached hydrogens (tertiary/aromatic N) is 5. The molecule has 19 heavy (non-hydrogen) atoms. The summed E-state index contributed by atoms with van der Waals surface area (Å²) in [5.41, 5.74) is 3.05. The van der Waals surface area contributed by atoms with Crippen LogP contribution < -0.4 is 0 Å². The summed E-state index contributed by atoms with van der Waals surface area (Å²) in [7, 11) is 0. The predicted molar refractivity (Wildman–Crippen MR) is 69.5 cm³/mol. The quantitative estimate of drug-likeness (QED) is 0.893. The Bertz CT molecular complexity index is 582. The van der Waals surface area contributed by atoms with E-state index in [0.29, 0.717) is 18.2 Å². The van der Waals surface area contributed by atoms with E-state index in [-0.39, 0.29) is 0 Å². The maximum atomic E-state index is 9.98. The summed E-state index contributed by atoms with van der Waals surface area (Å²) in [5, 5.41) is 24.8. The third-order valence-electron chi connectivity index (χ3n) is 3.27. The first kappa shape index (κ1) is 12.3. The highest BCUT2D eigenvalue weighted by Crippen LogP contribution is 2.24. The fourth-order valence-electron chi connectivity index (χ4n) is 2.18. The summed E-state index contributed by atoms with van der Waals surface area (Å²) < 4.78 is 1.82. The molecule has 6 nitrogen and oxygen atoms in total. The number of nitriles is 1. The van der Waals surface area contributed by atoms with Crippen LogP contribution in [0, 0.1) is 11.3 Å². The highest BCUT2D eigenvalue weighted by atomic mass is 32.1. The van der Waals surface area contributed by atoms with Gasteiger partial charge in [0, 0.05) is 31.2 Å². The van der Waals surface area contributed by atoms with Crippen LogP contribution >= 0.6 is 11.3 Å². The largest absolute Gasteiger partial charge is 0.385 e. The molecule has 0 aromatic carbocycles. The summed E-state index contributed by atoms with van der Waals surface area (Å²) in [5.74, 6) is 0. The van der Waals surface area contributed by atoms with E-state index in [1.165, 1.54) is 11.3 Å². The molecule has 1 fully saturated rings. The summed E-state index contributed by atoms with van der Waals surface area (Å²) in [4.78, 5) is 6.26. The van der Waals surface area contributed by atoms with Gasteiger partial charge in [-0.2, -0.15) is 10.4 Å². The summed E-state index contributed by atoms with van der Waals surface area (Å²) in [6, 6.07) is 2.36. The van der Waals surface area contributed by atoms with Crippen LogP contribution in [0.1, 0.15) is 23.4 Å². The van der Waals surface area contributed by atoms with Crippen molar-refractivity contribution in [2.24, 2.45) is 0 Å². The minimum Gasteiger partial charge on any atom is -0.385 e. The molecule has 2 aromatic rings. The molecule has 3 rings (SSSR count). The van der Waals surface area contributed by atoms with E-state index in [0.717, 1.165) is 18.8 Å². The maximum absolute atomic E-state index is 9.98. The first-order chi connectivity index (χ1) is 9.26. The number of hydrogen-bond acceptors (Lipinski definition) is 6. The fraction of sp³-hybridized carbons (Fsp3) is 0.417. The number of aromatic nitrogens is 3. The van der Waals surface area contributed by atoms with Gasteiger partial charge in [0.2, 0.25) is 0 Å². The van der Waals surface area contributed by atoms with E-state index in [9.17, 15) is 5.11 Å². The zero-order chi connectivity index (χ0) is 13.2. The third kappa shape index (κ3) is 2.51. The van der Waals surface area contributed by atoms with Crippen molar-refractivity contribution in [2.75, 3.05) is 19.6 Å². The van der Waals surface area contributed by atoms with E-state index < -0.39 is 6.10 Å². The normalized spacial score (nSPS) is 17.9. The Hall–Kier alpha value is -1.75. The monoisotopic (exact) mass is 275 g/mol. The van der Waals surface area contributed by atoms with Crippen molar-refractivity contribution >= 4 is 11.3 Å². The zero-order valence-electron chi connectivity index (χ0n) is 10.2. The number of thiazole rings is 1. The first-order valence-electron chi connectivity index (χ1n) is 5.99. The van der Waals surface area contributed by atoms with Gasteiger partial charge in [0.25, 0.3) is 0 Å². The Morgan fingerprint density at radius 1 is 1.58 bits per heavy atom. The van der Waals surface area contributed by atoms with Crippen LogP contribution in [0.3, 0.4) is 0 Å². The molecule has 98 valence electrons. The van der Waals surface area contributed by atoms with Gasteiger partial charge in [0.1, 0.15) is 12.2 Å². The average molecular weight is 275 g/mol. The molecule has 1 unspecified atom stereocenters. The molecule has 1 atom stereocenters. The number of aliphatic hydroxyl groups is 1. The Labute approximate surface area is 114 Å². The van der Waals surface area contributed by atoms with E-state index >= 15 is 0 Å². The molecule has 0 spiro atoms. The number of aliphatic hydroxyl groups excluding tert-OH is 1. The second-order valence-electron chi connectivity index (χ2n) is 4.62. The zero-order valence-corrected chi connectivity index (χ0v) is 11.0. The minimum atomic E-state index is -0.528. The van der Waals surface area contributed by atoms with Crippen LogP contribution in [-0.2, 0) is 0 Å². The van der Waals surface area contributed by atoms with Crippen molar-refractivity contribution in [2.45, 2.75) is 12.1 Å². The van der Waals surface area contributed by atoms with Crippen molar-refractivity contribution in [1.82, 2.24) is 19.7 Å². The minimum absolute atomic E-state index is 0.296. The molecule has 1 aliphatic heterocycles. The summed E-state index contributed by atoms with van der Waals surface area (Å²) >= 11 is 1.49. The van der Waals surface area contributed by atoms with Gasteiger partial charge in [0.15, 0.2) is 0 Å². The number of hydrogen-bond donors (Lipinski definition) is 1. The highest BCUT2D eigenvalue weighted by Gasteiger charge is 2.30. The molecule has 2 aromatic heterocycles. The molecule has 0 radical (unpaired) electrons. The number of β-amino-alcohol motifs (C(OH)–C–C–N with tert-alkyl or cyclic N) is 1. The SMILES string of the molecule is N#Cc1cnn(C2CN(CC(O)c3cscn3)C2)c1. The average Bonchev–Trinajstić information content (AvgIpc) is 3.03. The molecule has 1 aliphatic rings. The van der Waals surface area contributed by atoms with Crippen LogP contribution in [0.25, 0.3) is 0 Å². The second kappa shape index (κ2) is 5.09. The lowest BCUT2D eigenvalue weighted by atomic mass is 10.1. The number of rotatable bonds is 4. The lowest BCUT2D eigenvalue weighted by Crippen LogP contribution is -2.49. The first-order valence-corrected chi connectivity index (χ1v) is 6.93. The van der Waals surface area contributed by atoms with Crippen molar-refractivity contribution in [3.8, 4) is 6.07 Å². The second-order valence-corrected chi connectivity index (χ2v) is 5.34. The molecular weight excluding hydrogens is 262 g/mol. The molecule has 1 N–H and O–H groups in total. The maximum Gasteiger partial charge on any atom is 0.109 e. The van der Waals surface area contributed by atoms with Crippen LogP contribution in [0.2, 0.25) is 0 Å². The lowest BCUT2D eigenvalue weighted by molar-refractivity contribution is 0.0387. The van der Waals surface area contributed by atoms with Crippen molar-refractivity contribution < 1.29 is 5.11 Å². The van der Waals surface area contributed by atoms with Crippen molar-refractivity contribution in [3.05, 3.63) is 34.5 Å². The van der Waals surface area contributed by atoms with Gasteiger partial charge in [-0.3, -0.25) is 9.58 Å². The Kier molecular flexibility index (Phi) is 3.29. The van der Waals surface area contributed by atoms with Gasteiger partial charge in [-0.15, -0.1) is 11.3 Å². The molecule has 3 heterocycles. The topological polar surface area (TPSA) is 78.0 Å². The highest BCUT2D eigenvalue weighted by molar-refractivity contribution is 7.07. The Morgan fingerprint density at radius 2 is 2.42 bits per heavy atom. The summed E-state index contributed by atoms with van der Waals surface area (Å²) in [6.45, 7) is 2.27. The van der Waals surface area contributed by atoms with Gasteiger partial charge in [0.05, 0.1) is 29.0 Å². The van der Waals surface area contributed by atoms with Crippen LogP contribution in [0.15, 0.2) is 23.3 Å².